The predicted molar refractivity (Wildman–Crippen MR) is 478 cm³/mol. The van der Waals surface area contributed by atoms with Crippen molar-refractivity contribution in [3.8, 4) is 0 Å². The molecule has 2 aliphatic rings. The maximum absolute atomic E-state index is 15.2. The number of imidazole rings is 1. The van der Waals surface area contributed by atoms with Crippen LogP contribution in [0.15, 0.2) is 73.4 Å². The van der Waals surface area contributed by atoms with Gasteiger partial charge in [0.15, 0.2) is 5.96 Å². The van der Waals surface area contributed by atoms with E-state index in [1.165, 1.54) is 37.2 Å². The quantitative estimate of drug-likeness (QED) is 0.00800. The normalized spacial score (nSPS) is 22.1. The number of carbonyl (C=O) groups excluding carboxylic acids is 16. The zero-order valence-electron chi connectivity index (χ0n) is 73.7. The van der Waals surface area contributed by atoms with Crippen LogP contribution in [0.5, 0.6) is 0 Å². The van der Waals surface area contributed by atoms with E-state index >= 15 is 19.2 Å². The van der Waals surface area contributed by atoms with Crippen LogP contribution in [0.3, 0.4) is 0 Å². The Balaban J connectivity index is 1.25. The predicted octanol–water partition coefficient (Wildman–Crippen LogP) is -4.43. The monoisotopic (exact) mass is 1850 g/mol. The van der Waals surface area contributed by atoms with Crippen LogP contribution in [0.1, 0.15) is 123 Å². The Labute approximate surface area is 757 Å². The van der Waals surface area contributed by atoms with E-state index in [9.17, 15) is 72.5 Å². The zero-order chi connectivity index (χ0) is 95.3. The van der Waals surface area contributed by atoms with Gasteiger partial charge in [-0.15, -0.1) is 0 Å². The third kappa shape index (κ3) is 33.6. The summed E-state index contributed by atoms with van der Waals surface area (Å²) in [4.78, 5) is 252. The topological polar surface area (TPSA) is 679 Å². The van der Waals surface area contributed by atoms with Crippen molar-refractivity contribution in [2.75, 3.05) is 76.6 Å². The number of amides is 16. The summed E-state index contributed by atoms with van der Waals surface area (Å²) in [7, 11) is 3.54. The average molecular weight is 1860 g/mol. The zero-order valence-corrected chi connectivity index (χ0v) is 75.4. The van der Waals surface area contributed by atoms with Crippen molar-refractivity contribution < 1.29 is 101 Å². The number of guanidine groups is 1. The van der Waals surface area contributed by atoms with Crippen molar-refractivity contribution in [2.45, 2.75) is 204 Å². The molecule has 130 heavy (non-hydrogen) atoms. The molecule has 45 nitrogen and oxygen atoms in total. The van der Waals surface area contributed by atoms with Crippen LogP contribution in [0.4, 0.5) is 0 Å². The van der Waals surface area contributed by atoms with Crippen LogP contribution in [-0.2, 0) is 110 Å². The molecule has 0 radical (unpaired) electrons. The van der Waals surface area contributed by atoms with Crippen LogP contribution in [-0.4, -0.2) is 286 Å². The van der Waals surface area contributed by atoms with Crippen LogP contribution in [0, 0.1) is 23.2 Å². The van der Waals surface area contributed by atoms with Gasteiger partial charge in [0.25, 0.3) is 0 Å². The van der Waals surface area contributed by atoms with Crippen LogP contribution < -0.4 is 102 Å². The molecule has 2 aliphatic heterocycles. The molecule has 7 rings (SSSR count). The number of nitrogens with two attached hydrogens (primary N) is 2. The Hall–Kier alpha value is -12.5. The van der Waals surface area contributed by atoms with E-state index in [1.54, 1.807) is 82.5 Å². The Bertz CT molecular complexity index is 4760. The van der Waals surface area contributed by atoms with E-state index in [0.29, 0.717) is 58.7 Å². The summed E-state index contributed by atoms with van der Waals surface area (Å²) in [5, 5.41) is 72.0. The minimum atomic E-state index is -2.04. The fraction of sp³-hybridized carbons (Fsp3) is 0.554. The standard InChI is InChI=1S/C83H122N24O21S2/c1-9-44(4)45(5)71(115)102-61-40-129-130-41-62(80(124)105-69(47(7)108)81(125)89-27-28-127-29-30-128-39-66(111)95-54(70(84)114)20-14-15-25-87-8)103-74(118)55(21-16-26-90-83(85)86)96-77(121)59(33-50-36-88-42-93-50)98-72(116)46(6)94-65(110)37-92-73(117)57(31-48-35-91-53-19-12-10-17-51(48)53)99-78(122)60(34-67(112)113)100-75(119)56-23-24-64(109)106-107-38-49(52-18-11-13-22-63(52)107)32-58(76(120)97-56)101-82(126)68(43(2)3)104-79(61)123/h10-13,17-19,22,35-36,38,42-47,54-62,68-69,87,91,108H,9,14-16,20-21,23-34,37,39-41H2,1-8H3,(H2,84,114)(H,88,93)(H,89,125)(H,92,117)(H,94,110)(H,95,111)(H,96,121)(H,97,120)(H,98,116)(H,99,122)(H,100,119)(H,101,126)(H,102,115)(H,103,118)(H,104,123)(H,105,124)(H,106,109)(H,112,113)(H4,85,86,90)/t44-,45-,46-,47?,54-,55?,56-,57?,58-,59?,60?,61-,62-,68?,69?/m0/s1. The third-order valence-electron chi connectivity index (χ3n) is 21.6. The van der Waals surface area contributed by atoms with E-state index in [1.807, 2.05) is 13.8 Å². The number of primary amides is 1. The van der Waals surface area contributed by atoms with Gasteiger partial charge in [0.2, 0.25) is 94.5 Å². The minimum absolute atomic E-state index is 0.0143. The number of aliphatic hydroxyl groups excluding tert-OH is 1. The van der Waals surface area contributed by atoms with Gasteiger partial charge in [0.1, 0.15) is 79.1 Å². The number of aromatic amines is 2. The second-order valence-corrected chi connectivity index (χ2v) is 34.6. The number of hydrogen-bond acceptors (Lipinski definition) is 25. The van der Waals surface area contributed by atoms with Gasteiger partial charge in [-0.2, -0.15) is 0 Å². The van der Waals surface area contributed by atoms with Crippen molar-refractivity contribution in [3.05, 3.63) is 90.3 Å². The Kier molecular flexibility index (Phi) is 42.5. The Morgan fingerprint density at radius 3 is 2.02 bits per heavy atom. The van der Waals surface area contributed by atoms with Gasteiger partial charge in [0.05, 0.1) is 50.7 Å². The van der Waals surface area contributed by atoms with E-state index in [-0.39, 0.29) is 82.4 Å². The van der Waals surface area contributed by atoms with Crippen LogP contribution >= 0.6 is 21.6 Å². The molecule has 2 aromatic carbocycles. The summed E-state index contributed by atoms with van der Waals surface area (Å²) < 4.78 is 12.4. The van der Waals surface area contributed by atoms with Gasteiger partial charge >= 0.3 is 5.97 Å². The number of benzene rings is 2. The Morgan fingerprint density at radius 1 is 0.662 bits per heavy atom. The number of carbonyl (C=O) groups is 17. The first-order chi connectivity index (χ1) is 61.9. The maximum Gasteiger partial charge on any atom is 0.305 e. The summed E-state index contributed by atoms with van der Waals surface area (Å²) in [5.74, 6) is -19.8. The van der Waals surface area contributed by atoms with E-state index in [2.05, 4.69) is 105 Å². The first kappa shape index (κ1) is 105. The number of unbranched alkanes of at least 4 members (excludes halogenated alkanes) is 1. The molecule has 0 aliphatic carbocycles. The summed E-state index contributed by atoms with van der Waals surface area (Å²) in [5.41, 5.74) is 16.0. The highest BCUT2D eigenvalue weighted by atomic mass is 33.1. The number of rotatable bonds is 34. The summed E-state index contributed by atoms with van der Waals surface area (Å²) in [6.45, 7) is 9.72. The third-order valence-corrected chi connectivity index (χ3v) is 24.0. The number of hydrogen-bond donors (Lipinski definition) is 24. The molecule has 26 N–H and O–H groups in total. The molecule has 1 fully saturated rings. The molecule has 15 atom stereocenters. The second-order valence-electron chi connectivity index (χ2n) is 32.0. The molecule has 47 heteroatoms. The molecular weight excluding hydrogens is 1730 g/mol. The van der Waals surface area contributed by atoms with Gasteiger partial charge in [-0.25, -0.2) is 4.98 Å². The molecule has 16 amide bonds. The maximum atomic E-state index is 15.2. The molecule has 712 valence electrons. The first-order valence-corrected chi connectivity index (χ1v) is 45.3. The lowest BCUT2D eigenvalue weighted by Gasteiger charge is -2.29. The van der Waals surface area contributed by atoms with Gasteiger partial charge in [0, 0.05) is 96.8 Å². The van der Waals surface area contributed by atoms with Gasteiger partial charge < -0.3 is 126 Å². The van der Waals surface area contributed by atoms with Crippen molar-refractivity contribution >= 4 is 150 Å². The van der Waals surface area contributed by atoms with Gasteiger partial charge in [-0.05, 0) is 101 Å². The smallest absolute Gasteiger partial charge is 0.305 e. The SMILES string of the molecule is CC[C@H](C)[C@H](C)C(=O)N[C@H]1CSSC[C@@H](C(=O)NC(C(=O)NCCOCCOCC(=O)N[C@@H](CCCCNC)C(N)=O)C(C)O)NC(=O)C(CCCNC(=N)N)NC(=O)C(Cc2cnc[nH]2)NC(=O)[C@H](C)NC(=O)CNC(=O)C(Cc2c[nH]c3ccccc23)NC(=O)C(CC(=O)O)NC(=O)[C@@H]2CCC(=O)Nn3cc(c4ccccc43)C[C@H](NC(=O)C(C(C)C)NC1=O)C(=O)N2. The number of carboxylic acid groups (broad SMARTS) is 1. The molecular formula is C83H122N24O21S2. The van der Waals surface area contributed by atoms with Crippen molar-refractivity contribution in [1.82, 2.24) is 105 Å². The largest absolute Gasteiger partial charge is 0.481 e. The number of H-pyrrole nitrogens is 2. The van der Waals surface area contributed by atoms with Gasteiger partial charge in [-0.3, -0.25) is 97.0 Å². The number of ether oxygens (including phenoxy) is 2. The summed E-state index contributed by atoms with van der Waals surface area (Å²) in [6, 6.07) is -5.76. The number of carboxylic acids is 1. The number of para-hydroxylation sites is 2. The van der Waals surface area contributed by atoms with Crippen LogP contribution in [0.2, 0.25) is 0 Å². The Morgan fingerprint density at radius 2 is 1.32 bits per heavy atom. The molecule has 1 saturated heterocycles. The molecule has 5 aromatic rings. The van der Waals surface area contributed by atoms with E-state index < -0.39 is 235 Å². The highest BCUT2D eigenvalue weighted by Gasteiger charge is 2.40. The number of nitrogens with zero attached hydrogens (tertiary/aromatic N) is 2. The fourth-order valence-electron chi connectivity index (χ4n) is 13.8. The molecule has 0 spiro atoms. The number of aliphatic hydroxyl groups is 1. The van der Waals surface area contributed by atoms with Crippen LogP contribution in [0.25, 0.3) is 21.8 Å². The molecule has 5 heterocycles. The van der Waals surface area contributed by atoms with E-state index in [4.69, 9.17) is 26.4 Å². The lowest BCUT2D eigenvalue weighted by atomic mass is 9.92. The molecule has 3 aromatic heterocycles. The summed E-state index contributed by atoms with van der Waals surface area (Å²) in [6.07, 6.45) is 2.79. The lowest BCUT2D eigenvalue weighted by Crippen LogP contribution is -2.61. The first-order valence-electron chi connectivity index (χ1n) is 42.9. The molecule has 4 bridgehead atoms. The highest BCUT2D eigenvalue weighted by Crippen LogP contribution is 2.27. The van der Waals surface area contributed by atoms with E-state index in [0.717, 1.165) is 28.0 Å². The molecule has 7 unspecified atom stereocenters. The summed E-state index contributed by atoms with van der Waals surface area (Å²) >= 11 is 0. The van der Waals surface area contributed by atoms with Crippen molar-refractivity contribution in [3.63, 3.8) is 0 Å². The highest BCUT2D eigenvalue weighted by molar-refractivity contribution is 8.76. The van der Waals surface area contributed by atoms with Gasteiger partial charge in [-0.1, -0.05) is 99.0 Å². The lowest BCUT2D eigenvalue weighted by molar-refractivity contribution is -0.141. The molecule has 0 saturated carbocycles. The number of aromatic nitrogens is 4. The number of aliphatic carboxylic acids is 1. The number of fused-ring (bicyclic) bond motifs is 9. The fourth-order valence-corrected chi connectivity index (χ4v) is 16.2. The second kappa shape index (κ2) is 52.9. The number of nitrogens with one attached hydrogen (secondary N) is 20. The minimum Gasteiger partial charge on any atom is -0.481 e. The van der Waals surface area contributed by atoms with Crippen molar-refractivity contribution in [2.24, 2.45) is 29.2 Å². The van der Waals surface area contributed by atoms with Crippen molar-refractivity contribution in [1.29, 1.82) is 5.41 Å². The average Bonchev–Trinajstić information content (AvgIpc) is 1.65.